The number of rotatable bonds is 34. The molecule has 323 valence electrons. The molecule has 0 aromatic heterocycles. The quantitative estimate of drug-likeness (QED) is 0.0402. The summed E-state index contributed by atoms with van der Waals surface area (Å²) < 4.78 is 54.2. The Morgan fingerprint density at radius 3 is 1.79 bits per heavy atom. The van der Waals surface area contributed by atoms with Gasteiger partial charge in [-0.3, -0.25) is 9.59 Å². The van der Waals surface area contributed by atoms with Gasteiger partial charge in [-0.2, -0.15) is 0 Å². The first-order valence-electron chi connectivity index (χ1n) is 19.0. The van der Waals surface area contributed by atoms with Gasteiger partial charge in [-0.25, -0.2) is 0 Å². The van der Waals surface area contributed by atoms with Crippen LogP contribution in [-0.4, -0.2) is 188 Å². The second-order valence-electron chi connectivity index (χ2n) is 12.6. The maximum absolute atomic E-state index is 13.4. The van der Waals surface area contributed by atoms with Crippen LogP contribution in [0, 0.1) is 6.92 Å². The number of carbonyl (C=O) groups is 2. The Kier molecular flexibility index (Phi) is 27.8. The molecule has 8 N–H and O–H groups in total. The van der Waals surface area contributed by atoms with E-state index in [0.29, 0.717) is 117 Å². The van der Waals surface area contributed by atoms with Gasteiger partial charge in [0.2, 0.25) is 18.1 Å². The molecule has 1 aliphatic heterocycles. The van der Waals surface area contributed by atoms with Crippen molar-refractivity contribution in [2.45, 2.75) is 62.4 Å². The lowest BCUT2D eigenvalue weighted by Crippen LogP contribution is -2.60. The molecule has 19 nitrogen and oxygen atoms in total. The average Bonchev–Trinajstić information content (AvgIpc) is 3.18. The third-order valence-electron chi connectivity index (χ3n) is 8.13. The van der Waals surface area contributed by atoms with Gasteiger partial charge in [-0.1, -0.05) is 6.07 Å². The maximum atomic E-state index is 13.4. The normalized spacial score (nSPS) is 20.2. The number of benzene rings is 1. The van der Waals surface area contributed by atoms with E-state index in [9.17, 15) is 30.0 Å². The molecule has 1 aliphatic rings. The summed E-state index contributed by atoms with van der Waals surface area (Å²) in [5, 5.41) is 45.7. The summed E-state index contributed by atoms with van der Waals surface area (Å²) in [6.07, 6.45) is -6.00. The topological polar surface area (TPSA) is 257 Å². The fourth-order valence-electron chi connectivity index (χ4n) is 5.04. The zero-order valence-corrected chi connectivity index (χ0v) is 32.5. The van der Waals surface area contributed by atoms with Crippen LogP contribution < -0.4 is 21.1 Å². The summed E-state index contributed by atoms with van der Waals surface area (Å²) in [5.74, 6) is -0.870. The van der Waals surface area contributed by atoms with Gasteiger partial charge < -0.3 is 84.2 Å². The molecule has 1 fully saturated rings. The molecule has 56 heavy (non-hydrogen) atoms. The summed E-state index contributed by atoms with van der Waals surface area (Å²) in [5.41, 5.74) is 6.33. The minimum atomic E-state index is -1.66. The molecule has 1 aromatic rings. The van der Waals surface area contributed by atoms with Crippen LogP contribution >= 0.6 is 0 Å². The first-order valence-corrected chi connectivity index (χ1v) is 19.0. The molecule has 0 bridgehead atoms. The number of nitrogens with one attached hydrogen (secondary N) is 2. The Morgan fingerprint density at radius 1 is 0.768 bits per heavy atom. The maximum Gasteiger partial charge on any atom is 0.247 e. The number of carbonyl (C=O) groups excluding carboxylic acids is 2. The molecule has 1 aromatic carbocycles. The van der Waals surface area contributed by atoms with Crippen LogP contribution in [0.15, 0.2) is 18.2 Å². The monoisotopic (exact) mass is 806 g/mol. The van der Waals surface area contributed by atoms with Gasteiger partial charge in [0.05, 0.1) is 111 Å². The second kappa shape index (κ2) is 31.4. The summed E-state index contributed by atoms with van der Waals surface area (Å²) in [6, 6.07) is 3.68. The first-order chi connectivity index (χ1) is 27.2. The predicted octanol–water partition coefficient (Wildman–Crippen LogP) is -1.25. The molecule has 1 heterocycles. The average molecular weight is 807 g/mol. The summed E-state index contributed by atoms with van der Waals surface area (Å²) in [4.78, 5) is 26.2. The molecule has 1 saturated heterocycles. The van der Waals surface area contributed by atoms with Crippen molar-refractivity contribution in [1.82, 2.24) is 5.32 Å². The Balaban J connectivity index is 1.60. The highest BCUT2D eigenvalue weighted by molar-refractivity contribution is 5.98. The van der Waals surface area contributed by atoms with E-state index in [2.05, 4.69) is 17.6 Å². The van der Waals surface area contributed by atoms with Crippen molar-refractivity contribution in [3.8, 4) is 5.75 Å². The predicted molar refractivity (Wildman–Crippen MR) is 201 cm³/mol. The number of amides is 2. The first kappa shape index (κ1) is 49.5. The van der Waals surface area contributed by atoms with Crippen LogP contribution in [-0.2, 0) is 52.2 Å². The Bertz CT molecular complexity index is 1170. The zero-order valence-electron chi connectivity index (χ0n) is 32.5. The largest absolute Gasteiger partial charge is 0.460 e. The van der Waals surface area contributed by atoms with E-state index in [1.54, 1.807) is 13.2 Å². The van der Waals surface area contributed by atoms with Crippen molar-refractivity contribution in [2.75, 3.05) is 125 Å². The van der Waals surface area contributed by atoms with E-state index in [1.165, 1.54) is 12.1 Å². The summed E-state index contributed by atoms with van der Waals surface area (Å²) >= 11 is 0. The molecule has 0 aliphatic carbocycles. The van der Waals surface area contributed by atoms with Crippen molar-refractivity contribution >= 4 is 17.5 Å². The lowest BCUT2D eigenvalue weighted by Gasteiger charge is -2.39. The van der Waals surface area contributed by atoms with Crippen LogP contribution in [0.25, 0.3) is 0 Å². The number of aliphatic hydroxyl groups is 4. The Hall–Kier alpha value is -2.60. The molecule has 2 rings (SSSR count). The minimum Gasteiger partial charge on any atom is -0.460 e. The Labute approximate surface area is 329 Å². The van der Waals surface area contributed by atoms with Crippen LogP contribution in [0.3, 0.4) is 0 Å². The molecular formula is C37H64N3O16. The van der Waals surface area contributed by atoms with E-state index in [-0.39, 0.29) is 31.1 Å². The van der Waals surface area contributed by atoms with Crippen molar-refractivity contribution < 1.29 is 77.4 Å². The van der Waals surface area contributed by atoms with Crippen LogP contribution in [0.5, 0.6) is 5.75 Å². The SMILES string of the molecule is [CH2]c1ccc(O[C@@H]2O[C@H](CO)[C@@H](O)[C@H](O)[C@H]2O)c(NC(=O)[C@H](CCCCN)NC(=O)CCOCCOCCOCCOCCOCCOCCOCCOC)c1. The van der Waals surface area contributed by atoms with Crippen molar-refractivity contribution in [3.63, 3.8) is 0 Å². The van der Waals surface area contributed by atoms with Crippen molar-refractivity contribution in [3.05, 3.63) is 30.7 Å². The lowest BCUT2D eigenvalue weighted by molar-refractivity contribution is -0.277. The molecule has 2 amide bonds. The van der Waals surface area contributed by atoms with E-state index < -0.39 is 55.2 Å². The number of unbranched alkanes of at least 4 members (excludes halogenated alkanes) is 1. The number of anilines is 1. The smallest absolute Gasteiger partial charge is 0.247 e. The van der Waals surface area contributed by atoms with Crippen LogP contribution in [0.4, 0.5) is 5.69 Å². The zero-order chi connectivity index (χ0) is 40.8. The standard InChI is InChI=1S/C37H64N3O16/c1-27-6-7-30(55-37-35(45)34(44)33(43)31(26-41)56-37)29(25-27)40-36(46)28(5-3-4-9-38)39-32(42)8-10-48-13-14-50-17-18-52-21-22-54-24-23-53-20-19-51-16-15-49-12-11-47-2/h6-7,25,28,31,33-35,37,41,43-45H,1,3-5,8-24,26,38H2,2H3,(H,39,42)(H,40,46)/t28-,31+,33+,34-,35+,37+/m0/s1. The number of aliphatic hydroxyl groups excluding tert-OH is 4. The Morgan fingerprint density at radius 2 is 1.29 bits per heavy atom. The highest BCUT2D eigenvalue weighted by Gasteiger charge is 2.45. The number of methoxy groups -OCH3 is 1. The molecule has 0 unspecified atom stereocenters. The van der Waals surface area contributed by atoms with Gasteiger partial charge in [0.25, 0.3) is 0 Å². The molecule has 6 atom stereocenters. The van der Waals surface area contributed by atoms with Gasteiger partial charge in [0.15, 0.2) is 0 Å². The van der Waals surface area contributed by atoms with Crippen LogP contribution in [0.1, 0.15) is 31.2 Å². The second-order valence-corrected chi connectivity index (χ2v) is 12.6. The van der Waals surface area contributed by atoms with E-state index in [0.717, 1.165) is 0 Å². The molecule has 0 saturated carbocycles. The molecular weight excluding hydrogens is 742 g/mol. The van der Waals surface area contributed by atoms with E-state index >= 15 is 0 Å². The van der Waals surface area contributed by atoms with Gasteiger partial charge >= 0.3 is 0 Å². The van der Waals surface area contributed by atoms with Gasteiger partial charge in [0.1, 0.15) is 36.2 Å². The summed E-state index contributed by atoms with van der Waals surface area (Å²) in [7, 11) is 1.63. The fourth-order valence-corrected chi connectivity index (χ4v) is 5.04. The summed E-state index contributed by atoms with van der Waals surface area (Å²) in [6.45, 7) is 10.0. The minimum absolute atomic E-state index is 0.00749. The van der Waals surface area contributed by atoms with Crippen molar-refractivity contribution in [1.29, 1.82) is 0 Å². The van der Waals surface area contributed by atoms with Crippen LogP contribution in [0.2, 0.25) is 0 Å². The lowest BCUT2D eigenvalue weighted by atomic mass is 9.99. The highest BCUT2D eigenvalue weighted by atomic mass is 16.7. The van der Waals surface area contributed by atoms with E-state index in [4.69, 9.17) is 53.1 Å². The van der Waals surface area contributed by atoms with Gasteiger partial charge in [0, 0.05) is 13.5 Å². The molecule has 1 radical (unpaired) electrons. The van der Waals surface area contributed by atoms with Gasteiger partial charge in [-0.05, 0) is 50.4 Å². The third-order valence-corrected chi connectivity index (χ3v) is 8.13. The number of ether oxygens (including phenoxy) is 10. The number of hydrogen-bond acceptors (Lipinski definition) is 17. The van der Waals surface area contributed by atoms with Crippen molar-refractivity contribution in [2.24, 2.45) is 5.73 Å². The molecule has 19 heteroatoms. The highest BCUT2D eigenvalue weighted by Crippen LogP contribution is 2.30. The number of hydrogen-bond donors (Lipinski definition) is 7. The molecule has 0 spiro atoms. The number of nitrogens with two attached hydrogens (primary N) is 1. The fraction of sp³-hybridized carbons (Fsp3) is 0.757. The van der Waals surface area contributed by atoms with E-state index in [1.807, 2.05) is 0 Å². The van der Waals surface area contributed by atoms with Gasteiger partial charge in [-0.15, -0.1) is 0 Å². The third kappa shape index (κ3) is 21.2.